The molecule has 0 bridgehead atoms. The Bertz CT molecular complexity index is 795. The fourth-order valence-electron chi connectivity index (χ4n) is 2.89. The third-order valence-electron chi connectivity index (χ3n) is 4.17. The molecular formula is C20H21N3O4. The van der Waals surface area contributed by atoms with E-state index >= 15 is 0 Å². The summed E-state index contributed by atoms with van der Waals surface area (Å²) in [5, 5.41) is 5.04. The van der Waals surface area contributed by atoms with Gasteiger partial charge in [0.15, 0.2) is 0 Å². The molecule has 0 radical (unpaired) electrons. The van der Waals surface area contributed by atoms with E-state index in [-0.39, 0.29) is 31.6 Å². The Labute approximate surface area is 157 Å². The van der Waals surface area contributed by atoms with Gasteiger partial charge in [-0.1, -0.05) is 60.7 Å². The van der Waals surface area contributed by atoms with Gasteiger partial charge in [-0.2, -0.15) is 0 Å². The van der Waals surface area contributed by atoms with Gasteiger partial charge in [-0.25, -0.2) is 9.59 Å². The number of ether oxygens (including phenoxy) is 1. The minimum absolute atomic E-state index is 0.00906. The second-order valence-corrected chi connectivity index (χ2v) is 6.33. The topological polar surface area (TPSA) is 87.7 Å². The molecule has 0 aromatic heterocycles. The molecule has 4 amide bonds. The smallest absolute Gasteiger partial charge is 0.407 e. The Morgan fingerprint density at radius 1 is 1.04 bits per heavy atom. The normalized spacial score (nSPS) is 14.6. The van der Waals surface area contributed by atoms with Crippen molar-refractivity contribution in [3.05, 3.63) is 71.8 Å². The summed E-state index contributed by atoms with van der Waals surface area (Å²) >= 11 is 0. The van der Waals surface area contributed by atoms with E-state index in [1.807, 2.05) is 60.7 Å². The average Bonchev–Trinajstić information content (AvgIpc) is 2.98. The fraction of sp³-hybridized carbons (Fsp3) is 0.250. The van der Waals surface area contributed by atoms with Crippen LogP contribution in [0.3, 0.4) is 0 Å². The predicted octanol–water partition coefficient (Wildman–Crippen LogP) is 2.08. The highest BCUT2D eigenvalue weighted by atomic mass is 16.5. The van der Waals surface area contributed by atoms with Crippen LogP contribution >= 0.6 is 0 Å². The number of imide groups is 1. The van der Waals surface area contributed by atoms with Crippen LogP contribution in [0, 0.1) is 0 Å². The van der Waals surface area contributed by atoms with E-state index in [1.54, 1.807) is 0 Å². The minimum Gasteiger partial charge on any atom is -0.445 e. The summed E-state index contributed by atoms with van der Waals surface area (Å²) in [7, 11) is 0. The molecule has 2 N–H and O–H groups in total. The average molecular weight is 367 g/mol. The molecule has 7 nitrogen and oxygen atoms in total. The van der Waals surface area contributed by atoms with Crippen molar-refractivity contribution < 1.29 is 19.1 Å². The Morgan fingerprint density at radius 3 is 2.26 bits per heavy atom. The SMILES string of the molecule is O=C1CN(C[C@H](Cc2ccccc2)NC(=O)OCc2ccccc2)C(=O)N1. The molecule has 1 atom stereocenters. The highest BCUT2D eigenvalue weighted by molar-refractivity contribution is 6.01. The molecule has 0 aliphatic carbocycles. The molecule has 27 heavy (non-hydrogen) atoms. The highest BCUT2D eigenvalue weighted by Gasteiger charge is 2.29. The molecule has 1 aliphatic rings. The van der Waals surface area contributed by atoms with E-state index in [0.717, 1.165) is 11.1 Å². The Kier molecular flexibility index (Phi) is 6.04. The third-order valence-corrected chi connectivity index (χ3v) is 4.17. The second kappa shape index (κ2) is 8.84. The van der Waals surface area contributed by atoms with Crippen LogP contribution in [0.5, 0.6) is 0 Å². The zero-order valence-electron chi connectivity index (χ0n) is 14.8. The Hall–Kier alpha value is -3.35. The molecular weight excluding hydrogens is 346 g/mol. The van der Waals surface area contributed by atoms with Crippen LogP contribution in [-0.4, -0.2) is 42.1 Å². The Morgan fingerprint density at radius 2 is 1.67 bits per heavy atom. The van der Waals surface area contributed by atoms with Gasteiger partial charge < -0.3 is 15.0 Å². The lowest BCUT2D eigenvalue weighted by atomic mass is 10.1. The number of rotatable bonds is 7. The number of hydrogen-bond donors (Lipinski definition) is 2. The van der Waals surface area contributed by atoms with Gasteiger partial charge in [0.1, 0.15) is 13.2 Å². The Balaban J connectivity index is 1.60. The summed E-state index contributed by atoms with van der Waals surface area (Å²) in [6.07, 6.45) is -0.0510. The summed E-state index contributed by atoms with van der Waals surface area (Å²) in [4.78, 5) is 36.8. The van der Waals surface area contributed by atoms with Crippen LogP contribution in [0.1, 0.15) is 11.1 Å². The molecule has 1 saturated heterocycles. The first-order valence-electron chi connectivity index (χ1n) is 8.70. The van der Waals surface area contributed by atoms with Crippen molar-refractivity contribution in [1.29, 1.82) is 0 Å². The van der Waals surface area contributed by atoms with Crippen LogP contribution < -0.4 is 10.6 Å². The zero-order valence-corrected chi connectivity index (χ0v) is 14.8. The van der Waals surface area contributed by atoms with Crippen LogP contribution in [0.15, 0.2) is 60.7 Å². The lowest BCUT2D eigenvalue weighted by molar-refractivity contribution is -0.118. The fourth-order valence-corrected chi connectivity index (χ4v) is 2.89. The number of amides is 4. The van der Waals surface area contributed by atoms with Crippen molar-refractivity contribution in [2.45, 2.75) is 19.1 Å². The number of benzene rings is 2. The maximum atomic E-state index is 12.2. The molecule has 140 valence electrons. The van der Waals surface area contributed by atoms with Gasteiger partial charge in [0.2, 0.25) is 5.91 Å². The maximum Gasteiger partial charge on any atom is 0.407 e. The monoisotopic (exact) mass is 367 g/mol. The van der Waals surface area contributed by atoms with Gasteiger partial charge in [0.05, 0.1) is 6.04 Å². The number of urea groups is 1. The summed E-state index contributed by atoms with van der Waals surface area (Å²) < 4.78 is 5.27. The van der Waals surface area contributed by atoms with Gasteiger partial charge in [0, 0.05) is 6.54 Å². The van der Waals surface area contributed by atoms with Crippen molar-refractivity contribution in [3.8, 4) is 0 Å². The summed E-state index contributed by atoms with van der Waals surface area (Å²) in [6, 6.07) is 18.2. The number of nitrogens with zero attached hydrogens (tertiary/aromatic N) is 1. The van der Waals surface area contributed by atoms with E-state index in [1.165, 1.54) is 4.90 Å². The van der Waals surface area contributed by atoms with Crippen LogP contribution in [0.25, 0.3) is 0 Å². The van der Waals surface area contributed by atoms with Crippen molar-refractivity contribution in [2.75, 3.05) is 13.1 Å². The van der Waals surface area contributed by atoms with Crippen LogP contribution in [-0.2, 0) is 22.6 Å². The lowest BCUT2D eigenvalue weighted by Crippen LogP contribution is -2.46. The molecule has 3 rings (SSSR count). The van der Waals surface area contributed by atoms with Crippen molar-refractivity contribution in [2.24, 2.45) is 0 Å². The second-order valence-electron chi connectivity index (χ2n) is 6.33. The number of alkyl carbamates (subject to hydrolysis) is 1. The number of nitrogens with one attached hydrogen (secondary N) is 2. The van der Waals surface area contributed by atoms with Gasteiger partial charge in [-0.3, -0.25) is 10.1 Å². The molecule has 1 heterocycles. The van der Waals surface area contributed by atoms with E-state index in [9.17, 15) is 14.4 Å². The quantitative estimate of drug-likeness (QED) is 0.734. The minimum atomic E-state index is -0.564. The largest absolute Gasteiger partial charge is 0.445 e. The molecule has 1 aliphatic heterocycles. The summed E-state index contributed by atoms with van der Waals surface area (Å²) in [6.45, 7) is 0.366. The molecule has 2 aromatic carbocycles. The van der Waals surface area contributed by atoms with Gasteiger partial charge >= 0.3 is 12.1 Å². The maximum absolute atomic E-state index is 12.2. The van der Waals surface area contributed by atoms with E-state index in [0.29, 0.717) is 6.42 Å². The number of carbonyl (C=O) groups is 3. The van der Waals surface area contributed by atoms with Crippen LogP contribution in [0.4, 0.5) is 9.59 Å². The lowest BCUT2D eigenvalue weighted by Gasteiger charge is -2.23. The van der Waals surface area contributed by atoms with Crippen molar-refractivity contribution in [1.82, 2.24) is 15.5 Å². The number of carbonyl (C=O) groups excluding carboxylic acids is 3. The molecule has 7 heteroatoms. The van der Waals surface area contributed by atoms with E-state index in [2.05, 4.69) is 10.6 Å². The zero-order chi connectivity index (χ0) is 19.1. The molecule has 0 unspecified atom stereocenters. The first-order valence-corrected chi connectivity index (χ1v) is 8.70. The highest BCUT2D eigenvalue weighted by Crippen LogP contribution is 2.08. The first-order chi connectivity index (χ1) is 13.1. The van der Waals surface area contributed by atoms with Crippen molar-refractivity contribution in [3.63, 3.8) is 0 Å². The van der Waals surface area contributed by atoms with Crippen LogP contribution in [0.2, 0.25) is 0 Å². The summed E-state index contributed by atoms with van der Waals surface area (Å²) in [5.74, 6) is -0.342. The van der Waals surface area contributed by atoms with Gasteiger partial charge in [-0.15, -0.1) is 0 Å². The van der Waals surface area contributed by atoms with Gasteiger partial charge in [0.25, 0.3) is 0 Å². The third kappa shape index (κ3) is 5.57. The molecule has 2 aromatic rings. The van der Waals surface area contributed by atoms with E-state index < -0.39 is 12.1 Å². The molecule has 1 fully saturated rings. The standard InChI is InChI=1S/C20H21N3O4/c24-18-13-23(19(25)22-18)12-17(11-15-7-3-1-4-8-15)21-20(26)27-14-16-9-5-2-6-10-16/h1-10,17H,11-14H2,(H,21,26)(H,22,24,25)/t17-/m0/s1. The molecule has 0 saturated carbocycles. The summed E-state index contributed by atoms with van der Waals surface area (Å²) in [5.41, 5.74) is 1.90. The first kappa shape index (κ1) is 18.4. The number of hydrogen-bond acceptors (Lipinski definition) is 4. The van der Waals surface area contributed by atoms with Crippen molar-refractivity contribution >= 4 is 18.0 Å². The molecule has 0 spiro atoms. The van der Waals surface area contributed by atoms with E-state index in [4.69, 9.17) is 4.74 Å². The van der Waals surface area contributed by atoms with Gasteiger partial charge in [-0.05, 0) is 17.5 Å². The predicted molar refractivity (Wildman–Crippen MR) is 98.8 cm³/mol.